The maximum Gasteiger partial charge on any atom is 0.362 e. The Morgan fingerprint density at radius 1 is 0.360 bits per heavy atom. The first-order chi connectivity index (χ1) is 24.6. The number of hydrogen-bond donors (Lipinski definition) is 0. The molecular formula is C35H41NO14. The molecule has 3 heterocycles. The van der Waals surface area contributed by atoms with Gasteiger partial charge in [-0.25, -0.2) is 14.6 Å². The number of carbonyl (C=O) groups excluding carboxylic acids is 2. The van der Waals surface area contributed by atoms with E-state index in [-0.39, 0.29) is 49.3 Å². The van der Waals surface area contributed by atoms with Crippen LogP contribution in [0.4, 0.5) is 0 Å². The SMILES string of the molecule is O=C1Oc2cc3cc(c2)OCCOCCOCCOCCOc2cc(cc(c2)OC(=O)c2cccc1n2)OCCOCCOCCOCCO3. The van der Waals surface area contributed by atoms with E-state index >= 15 is 0 Å². The van der Waals surface area contributed by atoms with E-state index in [9.17, 15) is 9.59 Å². The van der Waals surface area contributed by atoms with Crippen molar-refractivity contribution in [1.82, 2.24) is 4.98 Å². The van der Waals surface area contributed by atoms with E-state index in [0.717, 1.165) is 0 Å². The van der Waals surface area contributed by atoms with Crippen molar-refractivity contribution in [2.75, 3.05) is 106 Å². The number of rotatable bonds is 0. The van der Waals surface area contributed by atoms with Crippen LogP contribution >= 0.6 is 0 Å². The predicted molar refractivity (Wildman–Crippen MR) is 174 cm³/mol. The highest BCUT2D eigenvalue weighted by Gasteiger charge is 2.18. The van der Waals surface area contributed by atoms with Crippen molar-refractivity contribution in [3.05, 3.63) is 66.0 Å². The van der Waals surface area contributed by atoms with Crippen LogP contribution in [0.1, 0.15) is 21.0 Å². The van der Waals surface area contributed by atoms with Crippen LogP contribution < -0.4 is 28.4 Å². The molecule has 2 aliphatic rings. The topological polar surface area (TPSA) is 158 Å². The van der Waals surface area contributed by atoms with Crippen molar-refractivity contribution in [2.45, 2.75) is 0 Å². The highest BCUT2D eigenvalue weighted by Crippen LogP contribution is 2.30. The largest absolute Gasteiger partial charge is 0.491 e. The fourth-order valence-corrected chi connectivity index (χ4v) is 4.48. The third-order valence-electron chi connectivity index (χ3n) is 6.77. The summed E-state index contributed by atoms with van der Waals surface area (Å²) in [5, 5.41) is 0. The molecule has 15 nitrogen and oxygen atoms in total. The van der Waals surface area contributed by atoms with Gasteiger partial charge in [0.25, 0.3) is 0 Å². The van der Waals surface area contributed by atoms with Crippen LogP contribution in [0.5, 0.6) is 34.5 Å². The molecule has 0 spiro atoms. The lowest BCUT2D eigenvalue weighted by atomic mass is 10.2. The lowest BCUT2D eigenvalue weighted by Crippen LogP contribution is -2.17. The van der Waals surface area contributed by atoms with Crippen LogP contribution in [0.15, 0.2) is 54.6 Å². The molecule has 0 saturated carbocycles. The molecular weight excluding hydrogens is 658 g/mol. The molecule has 2 aromatic carbocycles. The fourth-order valence-electron chi connectivity index (χ4n) is 4.48. The van der Waals surface area contributed by atoms with Crippen LogP contribution in [-0.4, -0.2) is 123 Å². The number of aromatic nitrogens is 1. The van der Waals surface area contributed by atoms with Gasteiger partial charge >= 0.3 is 11.9 Å². The zero-order valence-electron chi connectivity index (χ0n) is 27.7. The zero-order valence-corrected chi connectivity index (χ0v) is 27.7. The Labute approximate surface area is 289 Å². The molecule has 2 aliphatic heterocycles. The Balaban J connectivity index is 1.40. The Morgan fingerprint density at radius 2 is 0.620 bits per heavy atom. The second-order valence-electron chi connectivity index (χ2n) is 10.5. The van der Waals surface area contributed by atoms with Crippen molar-refractivity contribution in [3.63, 3.8) is 0 Å². The monoisotopic (exact) mass is 699 g/mol. The number of nitrogens with zero attached hydrogens (tertiary/aromatic N) is 1. The van der Waals surface area contributed by atoms with Gasteiger partial charge in [0.1, 0.15) is 72.3 Å². The number of ether oxygens (including phenoxy) is 12. The van der Waals surface area contributed by atoms with Crippen molar-refractivity contribution in [1.29, 1.82) is 0 Å². The van der Waals surface area contributed by atoms with Crippen molar-refractivity contribution in [2.24, 2.45) is 0 Å². The van der Waals surface area contributed by atoms with E-state index < -0.39 is 11.9 Å². The van der Waals surface area contributed by atoms with E-state index in [1.54, 1.807) is 12.1 Å². The van der Waals surface area contributed by atoms with Crippen LogP contribution in [0.2, 0.25) is 0 Å². The van der Waals surface area contributed by atoms with Crippen molar-refractivity contribution < 1.29 is 66.4 Å². The smallest absolute Gasteiger partial charge is 0.362 e. The molecule has 270 valence electrons. The van der Waals surface area contributed by atoms with Gasteiger partial charge in [-0.3, -0.25) is 0 Å². The van der Waals surface area contributed by atoms with E-state index in [4.69, 9.17) is 56.8 Å². The first kappa shape index (κ1) is 36.8. The predicted octanol–water partition coefficient (Wildman–Crippen LogP) is 3.16. The van der Waals surface area contributed by atoms with E-state index in [1.165, 1.54) is 42.5 Å². The van der Waals surface area contributed by atoms with Crippen molar-refractivity contribution in [3.8, 4) is 34.5 Å². The van der Waals surface area contributed by atoms with E-state index in [1.807, 2.05) is 0 Å². The number of benzene rings is 2. The maximum absolute atomic E-state index is 13.2. The third kappa shape index (κ3) is 13.1. The van der Waals surface area contributed by atoms with Crippen LogP contribution in [0.3, 0.4) is 0 Å². The summed E-state index contributed by atoms with van der Waals surface area (Å²) in [5.41, 5.74) is -0.244. The first-order valence-electron chi connectivity index (χ1n) is 16.3. The average molecular weight is 700 g/mol. The van der Waals surface area contributed by atoms with Gasteiger partial charge in [-0.2, -0.15) is 0 Å². The summed E-state index contributed by atoms with van der Waals surface area (Å²) in [6, 6.07) is 13.8. The van der Waals surface area contributed by atoms with Gasteiger partial charge in [0, 0.05) is 36.4 Å². The second kappa shape index (κ2) is 20.9. The number of esters is 2. The number of hydrogen-bond acceptors (Lipinski definition) is 15. The molecule has 0 fully saturated rings. The lowest BCUT2D eigenvalue weighted by Gasteiger charge is -2.14. The normalized spacial score (nSPS) is 18.5. The summed E-state index contributed by atoms with van der Waals surface area (Å²) in [6.45, 7) is 5.03. The Kier molecular flexibility index (Phi) is 15.3. The summed E-state index contributed by atoms with van der Waals surface area (Å²) in [4.78, 5) is 30.6. The highest BCUT2D eigenvalue weighted by molar-refractivity contribution is 5.93. The first-order valence-corrected chi connectivity index (χ1v) is 16.3. The van der Waals surface area contributed by atoms with E-state index in [0.29, 0.717) is 102 Å². The van der Waals surface area contributed by atoms with Gasteiger partial charge in [-0.05, 0) is 12.1 Å². The molecule has 0 aliphatic carbocycles. The second-order valence-corrected chi connectivity index (χ2v) is 10.5. The molecule has 15 heteroatoms. The minimum Gasteiger partial charge on any atom is -0.491 e. The zero-order chi connectivity index (χ0) is 34.6. The molecule has 1 aromatic heterocycles. The summed E-state index contributed by atoms with van der Waals surface area (Å²) in [7, 11) is 0. The molecule has 8 bridgehead atoms. The molecule has 0 amide bonds. The maximum atomic E-state index is 13.2. The molecule has 0 atom stereocenters. The minimum atomic E-state index is -0.812. The molecule has 0 unspecified atom stereocenters. The van der Waals surface area contributed by atoms with Crippen LogP contribution in [0, 0.1) is 0 Å². The van der Waals surface area contributed by atoms with Gasteiger partial charge in [0.15, 0.2) is 0 Å². The third-order valence-corrected chi connectivity index (χ3v) is 6.77. The van der Waals surface area contributed by atoms with Gasteiger partial charge in [0.05, 0.1) is 79.3 Å². The molecule has 5 rings (SSSR count). The Morgan fingerprint density at radius 3 is 0.920 bits per heavy atom. The van der Waals surface area contributed by atoms with E-state index in [2.05, 4.69) is 4.98 Å². The average Bonchev–Trinajstić information content (AvgIpc) is 3.11. The molecule has 0 radical (unpaired) electrons. The molecule has 0 saturated heterocycles. The summed E-state index contributed by atoms with van der Waals surface area (Å²) in [6.07, 6.45) is 0. The van der Waals surface area contributed by atoms with Gasteiger partial charge in [0.2, 0.25) is 0 Å². The molecule has 3 aromatic rings. The fraction of sp³-hybridized carbons (Fsp3) is 0.457. The number of fused-ring (bicyclic) bond motifs is 6. The highest BCUT2D eigenvalue weighted by atomic mass is 16.6. The number of carbonyl (C=O) groups is 2. The Hall–Kier alpha value is -4.51. The van der Waals surface area contributed by atoms with Gasteiger partial charge in [-0.1, -0.05) is 6.07 Å². The summed E-state index contributed by atoms with van der Waals surface area (Å²) < 4.78 is 68.2. The lowest BCUT2D eigenvalue weighted by molar-refractivity contribution is 0.00431. The quantitative estimate of drug-likeness (QED) is 0.249. The van der Waals surface area contributed by atoms with Crippen LogP contribution in [-0.2, 0) is 28.4 Å². The van der Waals surface area contributed by atoms with Gasteiger partial charge < -0.3 is 56.8 Å². The van der Waals surface area contributed by atoms with Crippen LogP contribution in [0.25, 0.3) is 0 Å². The molecule has 50 heavy (non-hydrogen) atoms. The molecule has 0 N–H and O–H groups in total. The summed E-state index contributed by atoms with van der Waals surface area (Å²) in [5.74, 6) is 0.180. The Bertz CT molecular complexity index is 1330. The standard InChI is InChI=1S/C35H41NO14/c37-34-32-2-1-3-33(36-32)35(38)50-31-24-28-21-29(25-31)48-19-15-44-11-7-40-5-9-42-13-17-46-27-20-26(22-30(23-27)49-34)45-16-12-41-8-4-39-6-10-43-14-18-47-28/h1-3,20-25H,4-19H2. The van der Waals surface area contributed by atoms with Gasteiger partial charge in [-0.15, -0.1) is 0 Å². The number of pyridine rings is 1. The summed E-state index contributed by atoms with van der Waals surface area (Å²) >= 11 is 0. The van der Waals surface area contributed by atoms with Crippen molar-refractivity contribution >= 4 is 11.9 Å². The minimum absolute atomic E-state index is 0.122.